The first-order valence-electron chi connectivity index (χ1n) is 10.2. The van der Waals surface area contributed by atoms with Gasteiger partial charge in [0.15, 0.2) is 17.5 Å². The summed E-state index contributed by atoms with van der Waals surface area (Å²) in [6, 6.07) is 6.50. The Morgan fingerprint density at radius 1 is 1.29 bits per heavy atom. The highest BCUT2D eigenvalue weighted by atomic mass is 127. The fraction of sp³-hybridized carbons (Fsp3) is 0.667. The maximum absolute atomic E-state index is 13.6. The summed E-state index contributed by atoms with van der Waals surface area (Å²) >= 11 is 0. The number of guanidine groups is 1. The summed E-state index contributed by atoms with van der Waals surface area (Å²) in [6.45, 7) is 10.6. The van der Waals surface area contributed by atoms with Gasteiger partial charge in [-0.05, 0) is 63.9 Å². The van der Waals surface area contributed by atoms with E-state index in [0.717, 1.165) is 37.9 Å². The van der Waals surface area contributed by atoms with E-state index in [1.54, 1.807) is 18.2 Å². The Bertz CT molecular complexity index is 579. The van der Waals surface area contributed by atoms with Crippen molar-refractivity contribution in [3.8, 4) is 5.75 Å². The highest BCUT2D eigenvalue weighted by Gasteiger charge is 2.17. The minimum atomic E-state index is -0.324. The van der Waals surface area contributed by atoms with Crippen molar-refractivity contribution in [2.45, 2.75) is 33.1 Å². The van der Waals surface area contributed by atoms with Gasteiger partial charge in [0.05, 0.1) is 6.54 Å². The number of ether oxygens (including phenoxy) is 1. The van der Waals surface area contributed by atoms with E-state index >= 15 is 0 Å². The van der Waals surface area contributed by atoms with Gasteiger partial charge in [-0.25, -0.2) is 4.39 Å². The molecule has 1 aliphatic heterocycles. The van der Waals surface area contributed by atoms with Gasteiger partial charge in [0.2, 0.25) is 0 Å². The van der Waals surface area contributed by atoms with Crippen LogP contribution >= 0.6 is 24.0 Å². The van der Waals surface area contributed by atoms with Crippen LogP contribution in [0.2, 0.25) is 0 Å². The molecular weight excluding hydrogens is 470 g/mol. The first-order chi connectivity index (χ1) is 13.1. The van der Waals surface area contributed by atoms with E-state index in [1.807, 2.05) is 11.9 Å². The Morgan fingerprint density at radius 2 is 2.00 bits per heavy atom. The van der Waals surface area contributed by atoms with Crippen LogP contribution in [0.5, 0.6) is 5.75 Å². The van der Waals surface area contributed by atoms with Crippen LogP contribution in [0.3, 0.4) is 0 Å². The lowest BCUT2D eigenvalue weighted by Gasteiger charge is -2.30. The van der Waals surface area contributed by atoms with E-state index in [1.165, 1.54) is 32.0 Å². The zero-order valence-corrected chi connectivity index (χ0v) is 19.8. The SMILES string of the molecule is CCNC(=NCCC1CCN(CC)CC1)N(C)CCOc1ccccc1F.I. The second-order valence-corrected chi connectivity index (χ2v) is 7.10. The molecule has 0 aromatic heterocycles. The third-order valence-corrected chi connectivity index (χ3v) is 5.17. The summed E-state index contributed by atoms with van der Waals surface area (Å²) in [7, 11) is 1.99. The van der Waals surface area contributed by atoms with Crippen LogP contribution in [0.4, 0.5) is 4.39 Å². The molecule has 0 amide bonds. The molecule has 1 N–H and O–H groups in total. The fourth-order valence-corrected chi connectivity index (χ4v) is 3.37. The number of hydrogen-bond donors (Lipinski definition) is 1. The number of benzene rings is 1. The number of likely N-dealkylation sites (tertiary alicyclic amines) is 1. The van der Waals surface area contributed by atoms with E-state index in [2.05, 4.69) is 24.1 Å². The molecule has 1 fully saturated rings. The Balaban J connectivity index is 0.00000392. The van der Waals surface area contributed by atoms with Crippen LogP contribution < -0.4 is 10.1 Å². The lowest BCUT2D eigenvalue weighted by Crippen LogP contribution is -2.41. The largest absolute Gasteiger partial charge is 0.489 e. The molecule has 2 rings (SSSR count). The van der Waals surface area contributed by atoms with Crippen LogP contribution in [0.1, 0.15) is 33.1 Å². The van der Waals surface area contributed by atoms with Crippen LogP contribution in [-0.2, 0) is 0 Å². The van der Waals surface area contributed by atoms with Gasteiger partial charge in [0.1, 0.15) is 6.61 Å². The minimum Gasteiger partial charge on any atom is -0.489 e. The molecule has 7 heteroatoms. The number of rotatable bonds is 9. The summed E-state index contributed by atoms with van der Waals surface area (Å²) in [5.41, 5.74) is 0. The number of piperidine rings is 1. The quantitative estimate of drug-likeness (QED) is 0.314. The lowest BCUT2D eigenvalue weighted by molar-refractivity contribution is 0.188. The summed E-state index contributed by atoms with van der Waals surface area (Å²) in [5.74, 6) is 1.65. The van der Waals surface area contributed by atoms with Crippen molar-refractivity contribution in [1.29, 1.82) is 0 Å². The second-order valence-electron chi connectivity index (χ2n) is 7.10. The number of aliphatic imine (C=N–C) groups is 1. The van der Waals surface area contributed by atoms with Crippen LogP contribution in [0.15, 0.2) is 29.3 Å². The molecule has 1 saturated heterocycles. The maximum Gasteiger partial charge on any atom is 0.193 e. The monoisotopic (exact) mass is 506 g/mol. The van der Waals surface area contributed by atoms with Gasteiger partial charge in [-0.2, -0.15) is 0 Å². The van der Waals surface area contributed by atoms with Gasteiger partial charge in [-0.3, -0.25) is 4.99 Å². The van der Waals surface area contributed by atoms with Gasteiger partial charge in [0, 0.05) is 20.1 Å². The molecule has 160 valence electrons. The van der Waals surface area contributed by atoms with Crippen molar-refractivity contribution in [2.75, 3.05) is 52.9 Å². The standard InChI is InChI=1S/C21H35FN4O.HI/c1-4-23-21(24-13-10-18-11-14-26(5-2)15-12-18)25(3)16-17-27-20-9-7-6-8-19(20)22;/h6-9,18H,4-5,10-17H2,1-3H3,(H,23,24);1H. The zero-order valence-electron chi connectivity index (χ0n) is 17.5. The number of hydrogen-bond acceptors (Lipinski definition) is 3. The number of para-hydroxylation sites is 1. The predicted molar refractivity (Wildman–Crippen MR) is 125 cm³/mol. The smallest absolute Gasteiger partial charge is 0.193 e. The van der Waals surface area contributed by atoms with Crippen molar-refractivity contribution >= 4 is 29.9 Å². The van der Waals surface area contributed by atoms with Gasteiger partial charge >= 0.3 is 0 Å². The van der Waals surface area contributed by atoms with Crippen LogP contribution in [-0.4, -0.2) is 68.7 Å². The average Bonchev–Trinajstić information content (AvgIpc) is 2.69. The third-order valence-electron chi connectivity index (χ3n) is 5.17. The lowest BCUT2D eigenvalue weighted by atomic mass is 9.94. The van der Waals surface area contributed by atoms with Crippen molar-refractivity contribution in [3.05, 3.63) is 30.1 Å². The Morgan fingerprint density at radius 3 is 2.64 bits per heavy atom. The molecular formula is C21H36FIN4O. The van der Waals surface area contributed by atoms with Crippen molar-refractivity contribution < 1.29 is 9.13 Å². The Kier molecular flexibility index (Phi) is 12.5. The Hall–Kier alpha value is -1.09. The summed E-state index contributed by atoms with van der Waals surface area (Å²) in [6.07, 6.45) is 3.71. The van der Waals surface area contributed by atoms with Crippen LogP contribution in [0, 0.1) is 11.7 Å². The van der Waals surface area contributed by atoms with E-state index in [0.29, 0.717) is 18.9 Å². The fourth-order valence-electron chi connectivity index (χ4n) is 3.37. The molecule has 0 aliphatic carbocycles. The number of nitrogens with one attached hydrogen (secondary N) is 1. The Labute approximate surface area is 186 Å². The topological polar surface area (TPSA) is 40.1 Å². The second kappa shape index (κ2) is 14.0. The molecule has 0 unspecified atom stereocenters. The zero-order chi connectivity index (χ0) is 19.5. The molecule has 1 aliphatic rings. The minimum absolute atomic E-state index is 0. The number of halogens is 2. The van der Waals surface area contributed by atoms with Gasteiger partial charge in [-0.1, -0.05) is 19.1 Å². The molecule has 0 spiro atoms. The van der Waals surface area contributed by atoms with Crippen LogP contribution in [0.25, 0.3) is 0 Å². The third kappa shape index (κ3) is 8.51. The van der Waals surface area contributed by atoms with Crippen molar-refractivity contribution in [2.24, 2.45) is 10.9 Å². The van der Waals surface area contributed by atoms with Crippen molar-refractivity contribution in [1.82, 2.24) is 15.1 Å². The van der Waals surface area contributed by atoms with Crippen molar-refractivity contribution in [3.63, 3.8) is 0 Å². The summed E-state index contributed by atoms with van der Waals surface area (Å²) < 4.78 is 19.2. The van der Waals surface area contributed by atoms with Gasteiger partial charge in [0.25, 0.3) is 0 Å². The maximum atomic E-state index is 13.6. The number of likely N-dealkylation sites (N-methyl/N-ethyl adjacent to an activating group) is 1. The highest BCUT2D eigenvalue weighted by molar-refractivity contribution is 14.0. The summed E-state index contributed by atoms with van der Waals surface area (Å²) in [4.78, 5) is 9.34. The van der Waals surface area contributed by atoms with E-state index in [-0.39, 0.29) is 29.8 Å². The molecule has 1 heterocycles. The molecule has 1 aromatic rings. The molecule has 1 aromatic carbocycles. The van der Waals surface area contributed by atoms with E-state index in [4.69, 9.17) is 9.73 Å². The molecule has 0 bridgehead atoms. The molecule has 5 nitrogen and oxygen atoms in total. The first-order valence-corrected chi connectivity index (χ1v) is 10.2. The van der Waals surface area contributed by atoms with E-state index < -0.39 is 0 Å². The molecule has 0 radical (unpaired) electrons. The average molecular weight is 506 g/mol. The highest BCUT2D eigenvalue weighted by Crippen LogP contribution is 2.20. The first kappa shape index (κ1) is 24.9. The molecule has 0 atom stereocenters. The number of nitrogens with zero attached hydrogens (tertiary/aromatic N) is 3. The summed E-state index contributed by atoms with van der Waals surface area (Å²) in [5, 5.41) is 3.33. The van der Waals surface area contributed by atoms with Gasteiger partial charge in [-0.15, -0.1) is 24.0 Å². The molecule has 0 saturated carbocycles. The van der Waals surface area contributed by atoms with Gasteiger partial charge < -0.3 is 19.9 Å². The predicted octanol–water partition coefficient (Wildman–Crippen LogP) is 3.84. The normalized spacial score (nSPS) is 15.8. The van der Waals surface area contributed by atoms with E-state index in [9.17, 15) is 4.39 Å². The molecule has 28 heavy (non-hydrogen) atoms.